The van der Waals surface area contributed by atoms with Gasteiger partial charge in [0.25, 0.3) is 0 Å². The molecule has 0 spiro atoms. The summed E-state index contributed by atoms with van der Waals surface area (Å²) < 4.78 is 0. The lowest BCUT2D eigenvalue weighted by Crippen LogP contribution is -2.40. The van der Waals surface area contributed by atoms with Gasteiger partial charge in [0, 0.05) is 44.1 Å². The SMILES string of the molecule is CCN(c1ccnc(NC)c1)C(C)CN(C)C. The molecule has 1 unspecified atom stereocenters. The van der Waals surface area contributed by atoms with Gasteiger partial charge in [0.15, 0.2) is 0 Å². The van der Waals surface area contributed by atoms with Gasteiger partial charge in [0.2, 0.25) is 0 Å². The third-order valence-corrected chi connectivity index (χ3v) is 2.83. The molecule has 96 valence electrons. The molecule has 17 heavy (non-hydrogen) atoms. The zero-order chi connectivity index (χ0) is 12.8. The van der Waals surface area contributed by atoms with Crippen molar-refractivity contribution in [1.29, 1.82) is 0 Å². The second-order valence-electron chi connectivity index (χ2n) is 4.55. The maximum Gasteiger partial charge on any atom is 0.127 e. The van der Waals surface area contributed by atoms with Crippen LogP contribution in [0.1, 0.15) is 13.8 Å². The van der Waals surface area contributed by atoms with Crippen molar-refractivity contribution in [3.05, 3.63) is 18.3 Å². The first-order valence-electron chi connectivity index (χ1n) is 6.13. The number of hydrogen-bond donors (Lipinski definition) is 1. The molecule has 1 heterocycles. The molecule has 0 bridgehead atoms. The molecule has 0 saturated heterocycles. The Hall–Kier alpha value is -1.29. The summed E-state index contributed by atoms with van der Waals surface area (Å²) in [7, 11) is 6.11. The summed E-state index contributed by atoms with van der Waals surface area (Å²) in [5, 5.41) is 3.08. The highest BCUT2D eigenvalue weighted by Crippen LogP contribution is 2.19. The van der Waals surface area contributed by atoms with E-state index in [-0.39, 0.29) is 0 Å². The van der Waals surface area contributed by atoms with Crippen molar-refractivity contribution in [2.45, 2.75) is 19.9 Å². The monoisotopic (exact) mass is 236 g/mol. The van der Waals surface area contributed by atoms with Gasteiger partial charge in [-0.05, 0) is 34.0 Å². The zero-order valence-corrected chi connectivity index (χ0v) is 11.6. The van der Waals surface area contributed by atoms with Gasteiger partial charge >= 0.3 is 0 Å². The Bertz CT molecular complexity index is 338. The van der Waals surface area contributed by atoms with E-state index in [1.165, 1.54) is 5.69 Å². The lowest BCUT2D eigenvalue weighted by Gasteiger charge is -2.32. The van der Waals surface area contributed by atoms with E-state index in [1.807, 2.05) is 13.2 Å². The minimum absolute atomic E-state index is 0.488. The molecule has 0 amide bonds. The average molecular weight is 236 g/mol. The third kappa shape index (κ3) is 3.89. The molecule has 4 nitrogen and oxygen atoms in total. The lowest BCUT2D eigenvalue weighted by molar-refractivity contribution is 0.373. The van der Waals surface area contributed by atoms with Crippen molar-refractivity contribution in [1.82, 2.24) is 9.88 Å². The van der Waals surface area contributed by atoms with Crippen LogP contribution in [-0.4, -0.2) is 50.2 Å². The van der Waals surface area contributed by atoms with Crippen LogP contribution in [0.3, 0.4) is 0 Å². The van der Waals surface area contributed by atoms with Crippen molar-refractivity contribution >= 4 is 11.5 Å². The quantitative estimate of drug-likeness (QED) is 0.817. The van der Waals surface area contributed by atoms with Crippen molar-refractivity contribution in [3.63, 3.8) is 0 Å². The van der Waals surface area contributed by atoms with Crippen LogP contribution >= 0.6 is 0 Å². The van der Waals surface area contributed by atoms with E-state index < -0.39 is 0 Å². The van der Waals surface area contributed by atoms with Crippen LogP contribution < -0.4 is 10.2 Å². The zero-order valence-electron chi connectivity index (χ0n) is 11.6. The molecule has 1 aromatic rings. The average Bonchev–Trinajstić information content (AvgIpc) is 2.29. The van der Waals surface area contributed by atoms with Crippen LogP contribution in [0.4, 0.5) is 11.5 Å². The number of rotatable bonds is 6. The van der Waals surface area contributed by atoms with E-state index in [0.29, 0.717) is 6.04 Å². The molecular weight excluding hydrogens is 212 g/mol. The third-order valence-electron chi connectivity index (χ3n) is 2.83. The van der Waals surface area contributed by atoms with Gasteiger partial charge in [-0.25, -0.2) is 4.98 Å². The lowest BCUT2D eigenvalue weighted by atomic mass is 10.2. The van der Waals surface area contributed by atoms with Gasteiger partial charge in [-0.15, -0.1) is 0 Å². The van der Waals surface area contributed by atoms with E-state index >= 15 is 0 Å². The maximum atomic E-state index is 4.25. The topological polar surface area (TPSA) is 31.4 Å². The molecular formula is C13H24N4. The fraction of sp³-hybridized carbons (Fsp3) is 0.615. The van der Waals surface area contributed by atoms with Crippen LogP contribution in [0, 0.1) is 0 Å². The number of likely N-dealkylation sites (N-methyl/N-ethyl adjacent to an activating group) is 2. The summed E-state index contributed by atoms with van der Waals surface area (Å²) in [4.78, 5) is 8.85. The summed E-state index contributed by atoms with van der Waals surface area (Å²) in [5.41, 5.74) is 1.22. The second kappa shape index (κ2) is 6.45. The molecule has 1 N–H and O–H groups in total. The molecule has 1 atom stereocenters. The minimum atomic E-state index is 0.488. The summed E-state index contributed by atoms with van der Waals surface area (Å²) in [6.45, 7) is 6.49. The van der Waals surface area contributed by atoms with Crippen molar-refractivity contribution in [2.75, 3.05) is 44.4 Å². The fourth-order valence-corrected chi connectivity index (χ4v) is 2.11. The van der Waals surface area contributed by atoms with Crippen molar-refractivity contribution in [2.24, 2.45) is 0 Å². The van der Waals surface area contributed by atoms with Crippen molar-refractivity contribution in [3.8, 4) is 0 Å². The summed E-state index contributed by atoms with van der Waals surface area (Å²) >= 11 is 0. The van der Waals surface area contributed by atoms with E-state index in [4.69, 9.17) is 0 Å². The predicted octanol–water partition coefficient (Wildman–Crippen LogP) is 1.90. The number of pyridine rings is 1. The van der Waals surface area contributed by atoms with E-state index in [1.54, 1.807) is 0 Å². The van der Waals surface area contributed by atoms with Gasteiger partial charge in [-0.2, -0.15) is 0 Å². The first-order chi connectivity index (χ1) is 8.08. The van der Waals surface area contributed by atoms with Gasteiger partial charge < -0.3 is 15.1 Å². The van der Waals surface area contributed by atoms with Gasteiger partial charge in [-0.3, -0.25) is 0 Å². The highest BCUT2D eigenvalue weighted by molar-refractivity contribution is 5.54. The Kier molecular flexibility index (Phi) is 5.22. The Balaban J connectivity index is 2.84. The highest BCUT2D eigenvalue weighted by atomic mass is 15.2. The van der Waals surface area contributed by atoms with Gasteiger partial charge in [0.1, 0.15) is 5.82 Å². The smallest absolute Gasteiger partial charge is 0.127 e. The molecule has 0 fully saturated rings. The first-order valence-corrected chi connectivity index (χ1v) is 6.13. The predicted molar refractivity (Wildman–Crippen MR) is 74.8 cm³/mol. The number of aromatic nitrogens is 1. The Labute approximate surface area is 105 Å². The van der Waals surface area contributed by atoms with Crippen LogP contribution in [0.2, 0.25) is 0 Å². The van der Waals surface area contributed by atoms with E-state index in [2.05, 4.69) is 60.2 Å². The molecule has 4 heteroatoms. The fourth-order valence-electron chi connectivity index (χ4n) is 2.11. The standard InChI is InChI=1S/C13H24N4/c1-6-17(11(2)10-16(4)5)12-7-8-15-13(9-12)14-3/h7-9,11H,6,10H2,1-5H3,(H,14,15). The maximum absolute atomic E-state index is 4.25. The van der Waals surface area contributed by atoms with Crippen LogP contribution in [0.5, 0.6) is 0 Å². The Morgan fingerprint density at radius 3 is 2.65 bits per heavy atom. The Morgan fingerprint density at radius 2 is 2.12 bits per heavy atom. The normalized spacial score (nSPS) is 12.6. The van der Waals surface area contributed by atoms with Gasteiger partial charge in [0.05, 0.1) is 0 Å². The van der Waals surface area contributed by atoms with Crippen LogP contribution in [0.25, 0.3) is 0 Å². The number of hydrogen-bond acceptors (Lipinski definition) is 4. The minimum Gasteiger partial charge on any atom is -0.373 e. The van der Waals surface area contributed by atoms with Crippen LogP contribution in [0.15, 0.2) is 18.3 Å². The summed E-state index contributed by atoms with van der Waals surface area (Å²) in [6.07, 6.45) is 1.85. The molecule has 1 aromatic heterocycles. The first kappa shape index (κ1) is 13.8. The number of anilines is 2. The summed E-state index contributed by atoms with van der Waals surface area (Å²) in [6, 6.07) is 4.65. The van der Waals surface area contributed by atoms with Crippen molar-refractivity contribution < 1.29 is 0 Å². The van der Waals surface area contributed by atoms with E-state index in [0.717, 1.165) is 18.9 Å². The largest absolute Gasteiger partial charge is 0.373 e. The molecule has 0 aromatic carbocycles. The molecule has 0 saturated carbocycles. The second-order valence-corrected chi connectivity index (χ2v) is 4.55. The van der Waals surface area contributed by atoms with Crippen LogP contribution in [-0.2, 0) is 0 Å². The number of nitrogens with one attached hydrogen (secondary N) is 1. The number of nitrogens with zero attached hydrogens (tertiary/aromatic N) is 3. The molecule has 0 aliphatic heterocycles. The molecule has 1 rings (SSSR count). The molecule has 0 aliphatic rings. The Morgan fingerprint density at radius 1 is 1.41 bits per heavy atom. The molecule has 0 aliphatic carbocycles. The van der Waals surface area contributed by atoms with E-state index in [9.17, 15) is 0 Å². The summed E-state index contributed by atoms with van der Waals surface area (Å²) in [5.74, 6) is 0.915. The highest BCUT2D eigenvalue weighted by Gasteiger charge is 2.13. The van der Waals surface area contributed by atoms with Gasteiger partial charge in [-0.1, -0.05) is 0 Å². The molecule has 0 radical (unpaired) electrons.